The molecule has 0 bridgehead atoms. The van der Waals surface area contributed by atoms with E-state index in [4.69, 9.17) is 9.47 Å². The van der Waals surface area contributed by atoms with Crippen molar-refractivity contribution in [1.29, 1.82) is 0 Å². The van der Waals surface area contributed by atoms with Gasteiger partial charge in [0.2, 0.25) is 0 Å². The van der Waals surface area contributed by atoms with Crippen molar-refractivity contribution in [2.75, 3.05) is 13.2 Å². The summed E-state index contributed by atoms with van der Waals surface area (Å²) in [5.41, 5.74) is 0.677. The molecule has 1 heterocycles. The van der Waals surface area contributed by atoms with Crippen LogP contribution in [0.25, 0.3) is 0 Å². The van der Waals surface area contributed by atoms with Gasteiger partial charge < -0.3 is 14.6 Å². The van der Waals surface area contributed by atoms with E-state index < -0.39 is 0 Å². The van der Waals surface area contributed by atoms with Crippen molar-refractivity contribution in [3.63, 3.8) is 0 Å². The summed E-state index contributed by atoms with van der Waals surface area (Å²) in [6.07, 6.45) is 11.0. The van der Waals surface area contributed by atoms with Crippen LogP contribution in [-0.4, -0.2) is 30.2 Å². The van der Waals surface area contributed by atoms with Gasteiger partial charge in [-0.1, -0.05) is 13.8 Å². The summed E-state index contributed by atoms with van der Waals surface area (Å²) >= 11 is 0. The van der Waals surface area contributed by atoms with Gasteiger partial charge in [0.1, 0.15) is 0 Å². The van der Waals surface area contributed by atoms with Gasteiger partial charge in [0.15, 0.2) is 5.79 Å². The Balaban J connectivity index is 1.41. The monoisotopic (exact) mass is 334 g/mol. The van der Waals surface area contributed by atoms with Gasteiger partial charge in [-0.2, -0.15) is 0 Å². The third-order valence-electron chi connectivity index (χ3n) is 9.43. The van der Waals surface area contributed by atoms with Crippen LogP contribution in [-0.2, 0) is 9.47 Å². The van der Waals surface area contributed by atoms with E-state index in [2.05, 4.69) is 13.8 Å². The van der Waals surface area contributed by atoms with Crippen LogP contribution in [0.15, 0.2) is 0 Å². The van der Waals surface area contributed by atoms with Crippen molar-refractivity contribution in [3.8, 4) is 0 Å². The number of rotatable bonds is 0. The first-order valence-corrected chi connectivity index (χ1v) is 10.4. The van der Waals surface area contributed by atoms with Gasteiger partial charge in [0.05, 0.1) is 19.3 Å². The smallest absolute Gasteiger partial charge is 0.168 e. The van der Waals surface area contributed by atoms with E-state index in [1.807, 2.05) is 0 Å². The predicted molar refractivity (Wildman–Crippen MR) is 92.4 cm³/mol. The first-order valence-electron chi connectivity index (χ1n) is 10.4. The van der Waals surface area contributed by atoms with Crippen molar-refractivity contribution in [2.45, 2.75) is 83.5 Å². The molecular weight excluding hydrogens is 300 g/mol. The Kier molecular flexibility index (Phi) is 3.49. The van der Waals surface area contributed by atoms with Gasteiger partial charge >= 0.3 is 0 Å². The van der Waals surface area contributed by atoms with Crippen LogP contribution in [0.2, 0.25) is 0 Å². The molecule has 0 unspecified atom stereocenters. The molecule has 5 aliphatic rings. The Morgan fingerprint density at radius 3 is 2.33 bits per heavy atom. The average Bonchev–Trinajstić information content (AvgIpc) is 3.14. The molecular formula is C21H34O3. The van der Waals surface area contributed by atoms with E-state index in [0.717, 1.165) is 56.1 Å². The highest BCUT2D eigenvalue weighted by Crippen LogP contribution is 2.67. The third-order valence-corrected chi connectivity index (χ3v) is 9.43. The van der Waals surface area contributed by atoms with E-state index in [0.29, 0.717) is 5.41 Å². The molecule has 0 aromatic rings. The van der Waals surface area contributed by atoms with E-state index in [1.54, 1.807) is 0 Å². The van der Waals surface area contributed by atoms with Crippen LogP contribution >= 0.6 is 0 Å². The predicted octanol–water partition coefficient (Wildman–Crippen LogP) is 4.13. The zero-order valence-corrected chi connectivity index (χ0v) is 15.4. The van der Waals surface area contributed by atoms with Gasteiger partial charge in [-0.25, -0.2) is 0 Å². The summed E-state index contributed by atoms with van der Waals surface area (Å²) < 4.78 is 12.1. The van der Waals surface area contributed by atoms with Gasteiger partial charge in [-0.15, -0.1) is 0 Å². The first kappa shape index (κ1) is 16.1. The third kappa shape index (κ3) is 2.01. The summed E-state index contributed by atoms with van der Waals surface area (Å²) in [7, 11) is 0. The minimum Gasteiger partial charge on any atom is -0.393 e. The zero-order valence-electron chi connectivity index (χ0n) is 15.4. The lowest BCUT2D eigenvalue weighted by atomic mass is 9.45. The number of aliphatic hydroxyl groups excluding tert-OH is 1. The van der Waals surface area contributed by atoms with Crippen molar-refractivity contribution < 1.29 is 14.6 Å². The molecule has 5 rings (SSSR count). The van der Waals surface area contributed by atoms with Gasteiger partial charge in [-0.05, 0) is 79.4 Å². The van der Waals surface area contributed by atoms with E-state index >= 15 is 0 Å². The highest BCUT2D eigenvalue weighted by molar-refractivity contribution is 5.10. The largest absolute Gasteiger partial charge is 0.393 e. The molecule has 3 heteroatoms. The maximum atomic E-state index is 10.6. The Morgan fingerprint density at radius 2 is 1.54 bits per heavy atom. The summed E-state index contributed by atoms with van der Waals surface area (Å²) in [5.74, 6) is 3.00. The molecule has 5 fully saturated rings. The highest BCUT2D eigenvalue weighted by Gasteiger charge is 2.61. The Labute approximate surface area is 146 Å². The summed E-state index contributed by atoms with van der Waals surface area (Å²) in [6.45, 7) is 6.54. The average molecular weight is 334 g/mol. The zero-order chi connectivity index (χ0) is 16.6. The molecule has 1 aliphatic heterocycles. The minimum absolute atomic E-state index is 0.0520. The number of hydrogen-bond donors (Lipinski definition) is 1. The first-order chi connectivity index (χ1) is 11.5. The number of fused-ring (bicyclic) bond motifs is 5. The Bertz CT molecular complexity index is 513. The molecule has 3 nitrogen and oxygen atoms in total. The number of hydrogen-bond acceptors (Lipinski definition) is 3. The fourth-order valence-electron chi connectivity index (χ4n) is 7.93. The van der Waals surface area contributed by atoms with Crippen molar-refractivity contribution >= 4 is 0 Å². The molecule has 4 saturated carbocycles. The molecule has 0 amide bonds. The molecule has 0 radical (unpaired) electrons. The van der Waals surface area contributed by atoms with E-state index in [1.165, 1.54) is 38.5 Å². The lowest BCUT2D eigenvalue weighted by Gasteiger charge is -2.61. The fourth-order valence-corrected chi connectivity index (χ4v) is 7.93. The molecule has 1 N–H and O–H groups in total. The van der Waals surface area contributed by atoms with Crippen molar-refractivity contribution in [2.24, 2.45) is 34.5 Å². The molecule has 0 aromatic carbocycles. The van der Waals surface area contributed by atoms with Gasteiger partial charge in [0, 0.05) is 12.8 Å². The van der Waals surface area contributed by atoms with Gasteiger partial charge in [0.25, 0.3) is 0 Å². The van der Waals surface area contributed by atoms with Crippen molar-refractivity contribution in [3.05, 3.63) is 0 Å². The van der Waals surface area contributed by atoms with Crippen LogP contribution in [0, 0.1) is 34.5 Å². The van der Waals surface area contributed by atoms with Crippen molar-refractivity contribution in [1.82, 2.24) is 0 Å². The van der Waals surface area contributed by atoms with E-state index in [9.17, 15) is 5.11 Å². The lowest BCUT2D eigenvalue weighted by Crippen LogP contribution is -2.56. The van der Waals surface area contributed by atoms with Crippen LogP contribution < -0.4 is 0 Å². The number of ether oxygens (including phenoxy) is 2. The normalized spacial score (nSPS) is 55.9. The quantitative estimate of drug-likeness (QED) is 0.724. The van der Waals surface area contributed by atoms with Crippen LogP contribution in [0.3, 0.4) is 0 Å². The van der Waals surface area contributed by atoms with Crippen LogP contribution in [0.5, 0.6) is 0 Å². The summed E-state index contributed by atoms with van der Waals surface area (Å²) in [5, 5.41) is 10.6. The Hall–Kier alpha value is -0.120. The second-order valence-electron chi connectivity index (χ2n) is 10.1. The van der Waals surface area contributed by atoms with Crippen LogP contribution in [0.4, 0.5) is 0 Å². The fraction of sp³-hybridized carbons (Fsp3) is 1.00. The highest BCUT2D eigenvalue weighted by atomic mass is 16.7. The second kappa shape index (κ2) is 5.20. The molecule has 1 spiro atoms. The Morgan fingerprint density at radius 1 is 0.792 bits per heavy atom. The SMILES string of the molecule is C[C@@]12CC[C@H]3[C@@H](CC[C@H]4CC5(CC[C@]43C)OCCO5)[C@H]1CC[C@H]2O. The molecule has 24 heavy (non-hydrogen) atoms. The molecule has 0 aromatic heterocycles. The lowest BCUT2D eigenvalue weighted by molar-refractivity contribution is -0.230. The topological polar surface area (TPSA) is 38.7 Å². The maximum Gasteiger partial charge on any atom is 0.168 e. The standard InChI is InChI=1S/C21H34O3/c1-19-9-10-21(23-11-12-24-21)13-14(19)3-4-15-16-5-6-18(22)20(16,2)8-7-17(15)19/h14-18,22H,3-13H2,1-2H3/t14-,15-,16+,17-,18+,19+,20+/m0/s1. The molecule has 1 saturated heterocycles. The number of aliphatic hydroxyl groups is 1. The molecule has 136 valence electrons. The minimum atomic E-state index is -0.232. The molecule has 7 atom stereocenters. The summed E-state index contributed by atoms with van der Waals surface area (Å²) in [4.78, 5) is 0. The molecule has 4 aliphatic carbocycles. The van der Waals surface area contributed by atoms with Crippen LogP contribution in [0.1, 0.15) is 71.6 Å². The second-order valence-corrected chi connectivity index (χ2v) is 10.1. The van der Waals surface area contributed by atoms with E-state index in [-0.39, 0.29) is 17.3 Å². The van der Waals surface area contributed by atoms with Gasteiger partial charge in [-0.3, -0.25) is 0 Å². The summed E-state index contributed by atoms with van der Waals surface area (Å²) in [6, 6.07) is 0. The maximum absolute atomic E-state index is 10.6.